The van der Waals surface area contributed by atoms with Crippen LogP contribution in [0.5, 0.6) is 5.88 Å². The summed E-state index contributed by atoms with van der Waals surface area (Å²) in [5.41, 5.74) is 4.81. The highest BCUT2D eigenvalue weighted by Crippen LogP contribution is 2.27. The highest BCUT2D eigenvalue weighted by Gasteiger charge is 2.15. The van der Waals surface area contributed by atoms with Crippen molar-refractivity contribution in [3.8, 4) is 5.88 Å². The molecule has 0 unspecified atom stereocenters. The van der Waals surface area contributed by atoms with Crippen LogP contribution in [-0.4, -0.2) is 15.9 Å². The van der Waals surface area contributed by atoms with Crippen LogP contribution in [-0.2, 0) is 17.8 Å². The van der Waals surface area contributed by atoms with Crippen LogP contribution >= 0.6 is 0 Å². The summed E-state index contributed by atoms with van der Waals surface area (Å²) in [5, 5.41) is 6.10. The summed E-state index contributed by atoms with van der Waals surface area (Å²) < 4.78 is 5.86. The Kier molecular flexibility index (Phi) is 4.70. The Labute approximate surface area is 157 Å². The molecule has 27 heavy (non-hydrogen) atoms. The van der Waals surface area contributed by atoms with Crippen molar-refractivity contribution in [1.29, 1.82) is 0 Å². The predicted octanol–water partition coefficient (Wildman–Crippen LogP) is 3.99. The fraction of sp³-hybridized carbons (Fsp3) is 0.190. The van der Waals surface area contributed by atoms with Crippen molar-refractivity contribution in [2.45, 2.75) is 26.4 Å². The third-order valence-corrected chi connectivity index (χ3v) is 4.40. The second-order valence-corrected chi connectivity index (χ2v) is 6.50. The lowest BCUT2D eigenvalue weighted by molar-refractivity contribution is -0.116. The van der Waals surface area contributed by atoms with Gasteiger partial charge in [-0.3, -0.25) is 4.79 Å². The van der Waals surface area contributed by atoms with Crippen molar-refractivity contribution in [1.82, 2.24) is 9.97 Å². The number of hydrogen-bond donors (Lipinski definition) is 2. The number of carbonyl (C=O) groups is 1. The van der Waals surface area contributed by atoms with Crippen molar-refractivity contribution in [2.24, 2.45) is 0 Å². The number of rotatable bonds is 5. The van der Waals surface area contributed by atoms with Crippen molar-refractivity contribution in [3.63, 3.8) is 0 Å². The highest BCUT2D eigenvalue weighted by atomic mass is 16.5. The van der Waals surface area contributed by atoms with Crippen molar-refractivity contribution in [3.05, 3.63) is 71.4 Å². The van der Waals surface area contributed by atoms with Gasteiger partial charge in [-0.05, 0) is 42.7 Å². The maximum Gasteiger partial charge on any atom is 0.230 e. The van der Waals surface area contributed by atoms with E-state index in [0.29, 0.717) is 24.9 Å². The van der Waals surface area contributed by atoms with Gasteiger partial charge < -0.3 is 15.4 Å². The van der Waals surface area contributed by atoms with Crippen molar-refractivity contribution in [2.75, 3.05) is 10.6 Å². The fourth-order valence-electron chi connectivity index (χ4n) is 2.95. The lowest BCUT2D eigenvalue weighted by Gasteiger charge is -2.18. The van der Waals surface area contributed by atoms with E-state index in [4.69, 9.17) is 4.74 Å². The van der Waals surface area contributed by atoms with E-state index in [1.807, 2.05) is 55.5 Å². The van der Waals surface area contributed by atoms with Gasteiger partial charge in [-0.25, -0.2) is 4.98 Å². The lowest BCUT2D eigenvalue weighted by Crippen LogP contribution is -2.18. The molecule has 1 amide bonds. The summed E-state index contributed by atoms with van der Waals surface area (Å²) in [7, 11) is 0. The molecule has 6 nitrogen and oxygen atoms in total. The molecule has 2 aromatic carbocycles. The first-order valence-electron chi connectivity index (χ1n) is 8.87. The minimum Gasteiger partial charge on any atom is -0.472 e. The van der Waals surface area contributed by atoms with E-state index >= 15 is 0 Å². The molecular formula is C21H20N4O2. The number of ether oxygens (including phenoxy) is 1. The summed E-state index contributed by atoms with van der Waals surface area (Å²) in [6.45, 7) is 2.38. The molecule has 0 saturated heterocycles. The summed E-state index contributed by atoms with van der Waals surface area (Å²) in [4.78, 5) is 20.3. The normalized spacial score (nSPS) is 12.9. The molecule has 136 valence electrons. The molecule has 3 aromatic rings. The van der Waals surface area contributed by atoms with E-state index in [1.54, 1.807) is 6.20 Å². The highest BCUT2D eigenvalue weighted by molar-refractivity contribution is 5.94. The van der Waals surface area contributed by atoms with Crippen LogP contribution in [0.15, 0.2) is 54.7 Å². The van der Waals surface area contributed by atoms with Gasteiger partial charge >= 0.3 is 0 Å². The number of benzene rings is 2. The molecule has 2 N–H and O–H groups in total. The van der Waals surface area contributed by atoms with Crippen LogP contribution in [0.1, 0.15) is 23.1 Å². The number of carbonyl (C=O) groups excluding carboxylic acids is 1. The van der Waals surface area contributed by atoms with E-state index in [9.17, 15) is 4.79 Å². The van der Waals surface area contributed by atoms with Crippen LogP contribution in [0, 0.1) is 6.92 Å². The van der Waals surface area contributed by atoms with Gasteiger partial charge in [-0.15, -0.1) is 0 Å². The molecule has 0 spiro atoms. The van der Waals surface area contributed by atoms with E-state index in [1.165, 1.54) is 0 Å². The Bertz CT molecular complexity index is 973. The SMILES string of the molecule is Cc1cnc(Nc2ccc3c(c2)CCC(=O)N3)nc1OCc1ccccc1. The smallest absolute Gasteiger partial charge is 0.230 e. The van der Waals surface area contributed by atoms with Crippen LogP contribution in [0.2, 0.25) is 0 Å². The van der Waals surface area contributed by atoms with Gasteiger partial charge in [-0.1, -0.05) is 30.3 Å². The predicted molar refractivity (Wildman–Crippen MR) is 104 cm³/mol. The zero-order valence-corrected chi connectivity index (χ0v) is 15.0. The largest absolute Gasteiger partial charge is 0.472 e. The van der Waals surface area contributed by atoms with Crippen LogP contribution < -0.4 is 15.4 Å². The molecular weight excluding hydrogens is 340 g/mol. The monoisotopic (exact) mass is 360 g/mol. The number of fused-ring (bicyclic) bond motifs is 1. The fourth-order valence-corrected chi connectivity index (χ4v) is 2.95. The lowest BCUT2D eigenvalue weighted by atomic mass is 10.0. The summed E-state index contributed by atoms with van der Waals surface area (Å²) in [5.74, 6) is 1.09. The van der Waals surface area contributed by atoms with E-state index in [-0.39, 0.29) is 5.91 Å². The Morgan fingerprint density at radius 3 is 2.85 bits per heavy atom. The van der Waals surface area contributed by atoms with E-state index in [2.05, 4.69) is 20.6 Å². The molecule has 4 rings (SSSR count). The molecule has 0 atom stereocenters. The van der Waals surface area contributed by atoms with Crippen molar-refractivity contribution >= 4 is 23.2 Å². The molecule has 0 aliphatic carbocycles. The summed E-state index contributed by atoms with van der Waals surface area (Å²) in [6.07, 6.45) is 2.99. The van der Waals surface area contributed by atoms with Crippen LogP contribution in [0.3, 0.4) is 0 Å². The topological polar surface area (TPSA) is 76.1 Å². The van der Waals surface area contributed by atoms with Gasteiger partial charge in [0.05, 0.1) is 0 Å². The molecule has 1 aliphatic heterocycles. The molecule has 6 heteroatoms. The molecule has 1 aromatic heterocycles. The number of hydrogen-bond acceptors (Lipinski definition) is 5. The Hall–Kier alpha value is -3.41. The Morgan fingerprint density at radius 1 is 1.15 bits per heavy atom. The maximum absolute atomic E-state index is 11.5. The minimum absolute atomic E-state index is 0.0604. The van der Waals surface area contributed by atoms with E-state index in [0.717, 1.165) is 34.5 Å². The first-order valence-corrected chi connectivity index (χ1v) is 8.87. The number of anilines is 3. The van der Waals surface area contributed by atoms with Crippen molar-refractivity contribution < 1.29 is 9.53 Å². The van der Waals surface area contributed by atoms with Gasteiger partial charge in [0.2, 0.25) is 17.7 Å². The minimum atomic E-state index is 0.0604. The zero-order chi connectivity index (χ0) is 18.6. The quantitative estimate of drug-likeness (QED) is 0.719. The average molecular weight is 360 g/mol. The van der Waals surface area contributed by atoms with Gasteiger partial charge in [-0.2, -0.15) is 4.98 Å². The maximum atomic E-state index is 11.5. The molecule has 0 fully saturated rings. The Balaban J connectivity index is 1.49. The zero-order valence-electron chi connectivity index (χ0n) is 15.0. The molecule has 2 heterocycles. The number of aromatic nitrogens is 2. The standard InChI is InChI=1S/C21H20N4O2/c1-14-12-22-21(25-20(14)27-13-15-5-3-2-4-6-15)23-17-8-9-18-16(11-17)7-10-19(26)24-18/h2-6,8-9,11-12H,7,10,13H2,1H3,(H,24,26)(H,22,23,25). The summed E-state index contributed by atoms with van der Waals surface area (Å²) >= 11 is 0. The third kappa shape index (κ3) is 4.06. The number of aryl methyl sites for hydroxylation is 2. The first-order chi connectivity index (χ1) is 13.2. The number of nitrogens with zero attached hydrogens (tertiary/aromatic N) is 2. The number of amides is 1. The van der Waals surface area contributed by atoms with Crippen LogP contribution in [0.25, 0.3) is 0 Å². The van der Waals surface area contributed by atoms with Crippen LogP contribution in [0.4, 0.5) is 17.3 Å². The Morgan fingerprint density at radius 2 is 2.00 bits per heavy atom. The molecule has 0 bridgehead atoms. The van der Waals surface area contributed by atoms with Gasteiger partial charge in [0, 0.05) is 29.6 Å². The summed E-state index contributed by atoms with van der Waals surface area (Å²) in [6, 6.07) is 15.8. The third-order valence-electron chi connectivity index (χ3n) is 4.40. The van der Waals surface area contributed by atoms with E-state index < -0.39 is 0 Å². The molecule has 0 saturated carbocycles. The average Bonchev–Trinajstić information content (AvgIpc) is 2.69. The number of nitrogens with one attached hydrogen (secondary N) is 2. The van der Waals surface area contributed by atoms with Gasteiger partial charge in [0.1, 0.15) is 6.61 Å². The first kappa shape index (κ1) is 17.0. The van der Waals surface area contributed by atoms with Gasteiger partial charge in [0.15, 0.2) is 0 Å². The second-order valence-electron chi connectivity index (χ2n) is 6.50. The molecule has 1 aliphatic rings. The molecule has 0 radical (unpaired) electrons. The second kappa shape index (κ2) is 7.45. The van der Waals surface area contributed by atoms with Gasteiger partial charge in [0.25, 0.3) is 0 Å².